The molecule has 0 unspecified atom stereocenters. The summed E-state index contributed by atoms with van der Waals surface area (Å²) in [5.74, 6) is -0.327. The third-order valence-electron chi connectivity index (χ3n) is 6.44. The fraction of sp³-hybridized carbons (Fsp3) is 0.280. The lowest BCUT2D eigenvalue weighted by molar-refractivity contribution is -0.00882. The molecule has 1 aliphatic carbocycles. The number of nitrogens with one attached hydrogen (secondary N) is 2. The minimum atomic E-state index is -4.08. The van der Waals surface area contributed by atoms with Gasteiger partial charge in [-0.25, -0.2) is 9.97 Å². The summed E-state index contributed by atoms with van der Waals surface area (Å²) in [5, 5.41) is 30.3. The zero-order valence-corrected chi connectivity index (χ0v) is 21.1. The topological polar surface area (TPSA) is 169 Å². The molecule has 4 atom stereocenters. The number of anilines is 1. The minimum absolute atomic E-state index is 0.0543. The summed E-state index contributed by atoms with van der Waals surface area (Å²) in [6, 6.07) is 14.9. The molecule has 5 rings (SSSR count). The number of benzene rings is 2. The molecule has 0 amide bonds. The Morgan fingerprint density at radius 1 is 1.13 bits per heavy atom. The van der Waals surface area contributed by atoms with Gasteiger partial charge >= 0.3 is 10.3 Å². The maximum atomic E-state index is 13.3. The van der Waals surface area contributed by atoms with Crippen molar-refractivity contribution in [2.75, 3.05) is 12.4 Å². The van der Waals surface area contributed by atoms with Crippen LogP contribution in [0.2, 0.25) is 0 Å². The fourth-order valence-electron chi connectivity index (χ4n) is 4.46. The van der Waals surface area contributed by atoms with Gasteiger partial charge in [-0.15, -0.1) is 0 Å². The van der Waals surface area contributed by atoms with Gasteiger partial charge in [0, 0.05) is 25.9 Å². The van der Waals surface area contributed by atoms with E-state index in [1.165, 1.54) is 19.6 Å². The number of carbonyl (C=O) groups excluding carboxylic acids is 1. The Morgan fingerprint density at radius 3 is 2.71 bits per heavy atom. The van der Waals surface area contributed by atoms with Crippen LogP contribution in [-0.2, 0) is 21.0 Å². The van der Waals surface area contributed by atoms with Crippen LogP contribution in [0.5, 0.6) is 0 Å². The first-order chi connectivity index (χ1) is 18.2. The summed E-state index contributed by atoms with van der Waals surface area (Å²) < 4.78 is 32.0. The summed E-state index contributed by atoms with van der Waals surface area (Å²) in [6.07, 6.45) is 0.188. The van der Waals surface area contributed by atoms with Crippen LogP contribution >= 0.6 is 0 Å². The van der Waals surface area contributed by atoms with Gasteiger partial charge in [-0.2, -0.15) is 18.2 Å². The van der Waals surface area contributed by atoms with Crippen LogP contribution in [0.3, 0.4) is 0 Å². The molecule has 4 aromatic rings. The second-order valence-electron chi connectivity index (χ2n) is 8.95. The molecule has 198 valence electrons. The van der Waals surface area contributed by atoms with Crippen molar-refractivity contribution in [3.63, 3.8) is 0 Å². The quantitative estimate of drug-likeness (QED) is 0.224. The molecular weight excluding hydrogens is 512 g/mol. The van der Waals surface area contributed by atoms with Crippen molar-refractivity contribution >= 4 is 32.7 Å². The predicted molar refractivity (Wildman–Crippen MR) is 138 cm³/mol. The van der Waals surface area contributed by atoms with Gasteiger partial charge in [-0.3, -0.25) is 13.7 Å². The first-order valence-corrected chi connectivity index (χ1v) is 13.2. The highest BCUT2D eigenvalue weighted by Gasteiger charge is 2.44. The smallest absolute Gasteiger partial charge is 0.335 e. The average molecular weight is 539 g/mol. The molecule has 2 aromatic heterocycles. The summed E-state index contributed by atoms with van der Waals surface area (Å²) in [7, 11) is -2.91. The molecule has 0 bridgehead atoms. The van der Waals surface area contributed by atoms with Gasteiger partial charge in [-0.1, -0.05) is 36.4 Å². The molecule has 0 saturated heterocycles. The molecule has 12 nitrogen and oxygen atoms in total. The number of aromatic nitrogens is 4. The number of fused-ring (bicyclic) bond motifs is 1. The van der Waals surface area contributed by atoms with E-state index in [9.17, 15) is 23.4 Å². The highest BCUT2D eigenvalue weighted by molar-refractivity contribution is 7.84. The monoisotopic (exact) mass is 538 g/mol. The molecule has 4 N–H and O–H groups in total. The van der Waals surface area contributed by atoms with E-state index in [-0.39, 0.29) is 23.5 Å². The van der Waals surface area contributed by atoms with Crippen LogP contribution in [0.4, 0.5) is 5.82 Å². The fourth-order valence-corrected chi connectivity index (χ4v) is 5.07. The van der Waals surface area contributed by atoms with Gasteiger partial charge in [0.25, 0.3) is 0 Å². The van der Waals surface area contributed by atoms with Crippen molar-refractivity contribution < 1.29 is 27.6 Å². The molecule has 0 radical (unpaired) electrons. The molecule has 2 aromatic carbocycles. The number of carbonyl (C=O) groups is 1. The van der Waals surface area contributed by atoms with Gasteiger partial charge < -0.3 is 15.5 Å². The molecule has 0 aliphatic heterocycles. The summed E-state index contributed by atoms with van der Waals surface area (Å²) in [5.41, 5.74) is 1.32. The summed E-state index contributed by atoms with van der Waals surface area (Å²) in [4.78, 5) is 21.4. The number of hydrogen-bond acceptors (Lipinski definition) is 10. The molecule has 1 saturated carbocycles. The predicted octanol–water partition coefficient (Wildman–Crippen LogP) is 0.861. The zero-order valence-electron chi connectivity index (χ0n) is 20.3. The number of ketones is 1. The molecular formula is C25H26N6O6S. The van der Waals surface area contributed by atoms with Crippen LogP contribution < -0.4 is 10.0 Å². The summed E-state index contributed by atoms with van der Waals surface area (Å²) in [6.45, 7) is 0.470. The lowest BCUT2D eigenvalue weighted by atomic mass is 10.1. The molecule has 2 heterocycles. The van der Waals surface area contributed by atoms with Gasteiger partial charge in [0.1, 0.15) is 36.2 Å². The maximum Gasteiger partial charge on any atom is 0.335 e. The van der Waals surface area contributed by atoms with E-state index in [0.717, 1.165) is 16.3 Å². The molecule has 1 fully saturated rings. The third-order valence-corrected chi connectivity index (χ3v) is 7.44. The van der Waals surface area contributed by atoms with E-state index in [1.54, 1.807) is 16.9 Å². The molecule has 38 heavy (non-hydrogen) atoms. The largest absolute Gasteiger partial charge is 0.388 e. The van der Waals surface area contributed by atoms with Crippen molar-refractivity contribution in [3.05, 3.63) is 84.1 Å². The Balaban J connectivity index is 1.31. The number of aliphatic hydroxyl groups is 2. The Hall–Kier alpha value is -3.75. The van der Waals surface area contributed by atoms with E-state index in [4.69, 9.17) is 4.18 Å². The van der Waals surface area contributed by atoms with E-state index in [1.807, 2.05) is 41.1 Å². The average Bonchev–Trinajstić information content (AvgIpc) is 3.48. The van der Waals surface area contributed by atoms with Gasteiger partial charge in [0.2, 0.25) is 5.78 Å². The first-order valence-electron chi connectivity index (χ1n) is 11.8. The maximum absolute atomic E-state index is 13.3. The molecule has 0 spiro atoms. The van der Waals surface area contributed by atoms with Gasteiger partial charge in [-0.05, 0) is 28.5 Å². The van der Waals surface area contributed by atoms with Crippen LogP contribution in [0, 0.1) is 0 Å². The van der Waals surface area contributed by atoms with Crippen LogP contribution in [0.25, 0.3) is 10.8 Å². The Morgan fingerprint density at radius 2 is 1.92 bits per heavy atom. The first kappa shape index (κ1) is 25.9. The normalized spacial score (nSPS) is 21.6. The van der Waals surface area contributed by atoms with Crippen molar-refractivity contribution in [2.24, 2.45) is 0 Å². The number of nitrogens with zero attached hydrogens (tertiary/aromatic N) is 4. The summed E-state index contributed by atoms with van der Waals surface area (Å²) >= 11 is 0. The molecule has 13 heteroatoms. The number of aliphatic hydroxyl groups excluding tert-OH is 2. The third kappa shape index (κ3) is 5.42. The van der Waals surface area contributed by atoms with Crippen molar-refractivity contribution in [1.29, 1.82) is 0 Å². The lowest BCUT2D eigenvalue weighted by Gasteiger charge is -2.19. The Kier molecular flexibility index (Phi) is 7.19. The zero-order chi connectivity index (χ0) is 26.9. The lowest BCUT2D eigenvalue weighted by Crippen LogP contribution is -2.38. The Labute approximate surface area is 218 Å². The second-order valence-corrected chi connectivity index (χ2v) is 10.5. The number of hydrogen-bond donors (Lipinski definition) is 4. The highest BCUT2D eigenvalue weighted by atomic mass is 32.2. The standard InChI is InChI=1S/C25H26N6O6S/c1-26-38(35,36)37-21-11-20(23(33)24(21)34)29-25-18(12-27-14-28-25)22(32)19-8-9-31(30-19)13-15-6-7-16-4-2-3-5-17(16)10-15/h2-10,12,14,20-21,23-24,26,33-34H,11,13H2,1H3,(H,27,28,29)/t20-,21-,23+,24+/m1/s1. The van der Waals surface area contributed by atoms with Crippen molar-refractivity contribution in [3.8, 4) is 0 Å². The van der Waals surface area contributed by atoms with Gasteiger partial charge in [0.05, 0.1) is 18.2 Å². The van der Waals surface area contributed by atoms with Crippen LogP contribution in [0.15, 0.2) is 67.3 Å². The Bertz CT molecular complexity index is 1580. The highest BCUT2D eigenvalue weighted by Crippen LogP contribution is 2.28. The SMILES string of the molecule is CNS(=O)(=O)O[C@@H]1C[C@@H](Nc2ncncc2C(=O)c2ccn(Cc3ccc4ccccc4c3)n2)[C@H](O)[C@H]1O. The van der Waals surface area contributed by atoms with Crippen molar-refractivity contribution in [2.45, 2.75) is 37.3 Å². The van der Waals surface area contributed by atoms with E-state index in [0.29, 0.717) is 6.54 Å². The second kappa shape index (κ2) is 10.6. The van der Waals surface area contributed by atoms with E-state index in [2.05, 4.69) is 26.4 Å². The minimum Gasteiger partial charge on any atom is -0.388 e. The molecule has 1 aliphatic rings. The van der Waals surface area contributed by atoms with Gasteiger partial charge in [0.15, 0.2) is 0 Å². The van der Waals surface area contributed by atoms with E-state index < -0.39 is 40.4 Å². The number of rotatable bonds is 9. The van der Waals surface area contributed by atoms with E-state index >= 15 is 0 Å². The van der Waals surface area contributed by atoms with Crippen molar-refractivity contribution in [1.82, 2.24) is 24.5 Å². The van der Waals surface area contributed by atoms with Crippen LogP contribution in [0.1, 0.15) is 28.0 Å². The van der Waals surface area contributed by atoms with Crippen LogP contribution in [-0.4, -0.2) is 75.6 Å².